The lowest BCUT2D eigenvalue weighted by Crippen LogP contribution is -2.56. The van der Waals surface area contributed by atoms with Crippen LogP contribution in [-0.2, 0) is 23.9 Å². The van der Waals surface area contributed by atoms with Crippen molar-refractivity contribution in [3.63, 3.8) is 0 Å². The van der Waals surface area contributed by atoms with Crippen LogP contribution in [-0.4, -0.2) is 29.9 Å². The maximum atomic E-state index is 13.0. The van der Waals surface area contributed by atoms with Crippen molar-refractivity contribution >= 4 is 17.7 Å². The lowest BCUT2D eigenvalue weighted by atomic mass is 9.42. The standard InChI is InChI=1S/C34H50O5/c1-20(2)24(38-22(4)35)11-10-21(3)29-25(39-23(5)36)18-32(9)27-13-12-26-30(6,7)28(37)14-15-33(26)19-34(27,33)17-16-31(29,32)8/h24-27,29H,1,3,10-19H2,2,4-9H3/t24-,25-,26-,27-,29-,31+,32-,33+,34-/m0/s1. The number of fused-ring (bicyclic) bond motifs is 2. The predicted molar refractivity (Wildman–Crippen MR) is 152 cm³/mol. The van der Waals surface area contributed by atoms with Crippen LogP contribution in [0.15, 0.2) is 24.3 Å². The number of hydrogen-bond donors (Lipinski definition) is 0. The van der Waals surface area contributed by atoms with Crippen LogP contribution in [0.2, 0.25) is 0 Å². The number of ketones is 1. The normalized spacial score (nSPS) is 44.1. The molecule has 5 heteroatoms. The van der Waals surface area contributed by atoms with Gasteiger partial charge in [-0.1, -0.05) is 46.4 Å². The number of Topliss-reactive ketones (excluding diaryl/α,β-unsaturated/α-hetero) is 1. The zero-order valence-corrected chi connectivity index (χ0v) is 25.4. The second kappa shape index (κ2) is 9.05. The summed E-state index contributed by atoms with van der Waals surface area (Å²) >= 11 is 0. The first-order chi connectivity index (χ1) is 18.1. The second-order valence-corrected chi connectivity index (χ2v) is 15.1. The Morgan fingerprint density at radius 2 is 1.56 bits per heavy atom. The minimum atomic E-state index is -0.333. The topological polar surface area (TPSA) is 69.7 Å². The Kier molecular flexibility index (Phi) is 6.64. The van der Waals surface area contributed by atoms with Crippen molar-refractivity contribution in [1.29, 1.82) is 0 Å². The predicted octanol–water partition coefficient (Wildman–Crippen LogP) is 7.38. The number of carbonyl (C=O) groups is 3. The average molecular weight is 539 g/mol. The van der Waals surface area contributed by atoms with Crippen LogP contribution in [0.1, 0.15) is 113 Å². The van der Waals surface area contributed by atoms with E-state index in [0.29, 0.717) is 41.3 Å². The number of rotatable bonds is 7. The molecule has 0 aliphatic heterocycles. The first-order valence-electron chi connectivity index (χ1n) is 15.3. The largest absolute Gasteiger partial charge is 0.462 e. The van der Waals surface area contributed by atoms with E-state index < -0.39 is 0 Å². The monoisotopic (exact) mass is 538 g/mol. The summed E-state index contributed by atoms with van der Waals surface area (Å²) < 4.78 is 11.7. The van der Waals surface area contributed by atoms with Crippen LogP contribution in [0, 0.1) is 44.8 Å². The number of ether oxygens (including phenoxy) is 2. The highest BCUT2D eigenvalue weighted by atomic mass is 16.5. The summed E-state index contributed by atoms with van der Waals surface area (Å²) in [5.74, 6) is 1.07. The van der Waals surface area contributed by atoms with Crippen molar-refractivity contribution in [2.75, 3.05) is 0 Å². The molecule has 0 N–H and O–H groups in total. The third-order valence-corrected chi connectivity index (χ3v) is 13.2. The van der Waals surface area contributed by atoms with Crippen molar-refractivity contribution in [3.05, 3.63) is 24.3 Å². The Balaban J connectivity index is 1.45. The van der Waals surface area contributed by atoms with Crippen molar-refractivity contribution in [2.24, 2.45) is 44.8 Å². The third kappa shape index (κ3) is 3.87. The fourth-order valence-electron chi connectivity index (χ4n) is 11.3. The quantitative estimate of drug-likeness (QED) is 0.250. The van der Waals surface area contributed by atoms with Crippen molar-refractivity contribution in [2.45, 2.75) is 125 Å². The second-order valence-electron chi connectivity index (χ2n) is 15.1. The molecule has 216 valence electrons. The average Bonchev–Trinajstić information content (AvgIpc) is 3.43. The van der Waals surface area contributed by atoms with E-state index in [1.165, 1.54) is 26.7 Å². The van der Waals surface area contributed by atoms with Gasteiger partial charge in [-0.25, -0.2) is 0 Å². The van der Waals surface area contributed by atoms with Gasteiger partial charge in [0, 0.05) is 31.6 Å². The van der Waals surface area contributed by atoms with Gasteiger partial charge in [-0.05, 0) is 104 Å². The molecule has 5 aliphatic rings. The lowest BCUT2D eigenvalue weighted by Gasteiger charge is -2.62. The summed E-state index contributed by atoms with van der Waals surface area (Å²) in [4.78, 5) is 37.0. The van der Waals surface area contributed by atoms with Gasteiger partial charge in [0.25, 0.3) is 0 Å². The smallest absolute Gasteiger partial charge is 0.303 e. The minimum absolute atomic E-state index is 0.0304. The molecule has 5 rings (SSSR count). The fraction of sp³-hybridized carbons (Fsp3) is 0.794. The highest BCUT2D eigenvalue weighted by Gasteiger charge is 2.83. The molecule has 0 aromatic heterocycles. The molecule has 0 heterocycles. The summed E-state index contributed by atoms with van der Waals surface area (Å²) in [5.41, 5.74) is 2.34. The molecule has 0 bridgehead atoms. The molecule has 5 saturated carbocycles. The molecule has 0 amide bonds. The Hall–Kier alpha value is -1.91. The van der Waals surface area contributed by atoms with Crippen molar-refractivity contribution < 1.29 is 23.9 Å². The van der Waals surface area contributed by atoms with Crippen LogP contribution in [0.25, 0.3) is 0 Å². The van der Waals surface area contributed by atoms with Gasteiger partial charge in [0.05, 0.1) is 0 Å². The molecule has 39 heavy (non-hydrogen) atoms. The Morgan fingerprint density at radius 1 is 0.923 bits per heavy atom. The van der Waals surface area contributed by atoms with Gasteiger partial charge in [0.2, 0.25) is 0 Å². The molecule has 5 nitrogen and oxygen atoms in total. The van der Waals surface area contributed by atoms with E-state index in [9.17, 15) is 14.4 Å². The third-order valence-electron chi connectivity index (χ3n) is 13.2. The van der Waals surface area contributed by atoms with Crippen LogP contribution >= 0.6 is 0 Å². The molecule has 0 unspecified atom stereocenters. The van der Waals surface area contributed by atoms with Gasteiger partial charge in [-0.15, -0.1) is 0 Å². The summed E-state index contributed by atoms with van der Waals surface area (Å²) in [6, 6.07) is 0. The molecule has 5 fully saturated rings. The summed E-state index contributed by atoms with van der Waals surface area (Å²) in [5, 5.41) is 0. The maximum absolute atomic E-state index is 13.0. The van der Waals surface area contributed by atoms with Gasteiger partial charge in [-0.2, -0.15) is 0 Å². The Bertz CT molecular complexity index is 1120. The van der Waals surface area contributed by atoms with Gasteiger partial charge in [-0.3, -0.25) is 14.4 Å². The Morgan fingerprint density at radius 3 is 2.18 bits per heavy atom. The molecule has 0 aromatic rings. The molecular formula is C34H50O5. The van der Waals surface area contributed by atoms with E-state index in [1.54, 1.807) is 0 Å². The SMILES string of the molecule is C=C(C)[C@H](CCC(=C)[C@H]1[C@@H](OC(C)=O)C[C@@]2(C)[C@@H]3CC[C@H]4C(C)(C)C(=O)CC[C@@]45C[C@@]35CC[C@]12C)OC(C)=O. The Labute approximate surface area is 235 Å². The van der Waals surface area contributed by atoms with Crippen molar-refractivity contribution in [3.8, 4) is 0 Å². The number of carbonyl (C=O) groups excluding carboxylic acids is 3. The number of esters is 2. The van der Waals surface area contributed by atoms with Crippen LogP contribution in [0.3, 0.4) is 0 Å². The summed E-state index contributed by atoms with van der Waals surface area (Å²) in [7, 11) is 0. The van der Waals surface area contributed by atoms with E-state index in [0.717, 1.165) is 49.7 Å². The van der Waals surface area contributed by atoms with Crippen molar-refractivity contribution in [1.82, 2.24) is 0 Å². The molecule has 2 spiro atoms. The van der Waals surface area contributed by atoms with E-state index in [1.807, 2.05) is 6.92 Å². The maximum Gasteiger partial charge on any atom is 0.303 e. The van der Waals surface area contributed by atoms with Gasteiger partial charge >= 0.3 is 11.9 Å². The molecule has 0 radical (unpaired) electrons. The van der Waals surface area contributed by atoms with E-state index >= 15 is 0 Å². The minimum Gasteiger partial charge on any atom is -0.462 e. The van der Waals surface area contributed by atoms with Crippen LogP contribution in [0.4, 0.5) is 0 Å². The molecule has 9 atom stereocenters. The van der Waals surface area contributed by atoms with E-state index in [2.05, 4.69) is 40.9 Å². The first kappa shape index (κ1) is 28.6. The molecular weight excluding hydrogens is 488 g/mol. The molecule has 0 aromatic carbocycles. The highest BCUT2D eigenvalue weighted by Crippen LogP contribution is 2.88. The molecule has 5 aliphatic carbocycles. The summed E-state index contributed by atoms with van der Waals surface area (Å²) in [6.07, 6.45) is 9.34. The van der Waals surface area contributed by atoms with Gasteiger partial charge < -0.3 is 9.47 Å². The first-order valence-corrected chi connectivity index (χ1v) is 15.3. The highest BCUT2D eigenvalue weighted by molar-refractivity contribution is 5.86. The fourth-order valence-corrected chi connectivity index (χ4v) is 11.3. The van der Waals surface area contributed by atoms with E-state index in [-0.39, 0.29) is 46.3 Å². The zero-order chi connectivity index (χ0) is 28.8. The summed E-state index contributed by atoms with van der Waals surface area (Å²) in [6.45, 7) is 22.8. The van der Waals surface area contributed by atoms with Crippen LogP contribution < -0.4 is 0 Å². The zero-order valence-electron chi connectivity index (χ0n) is 25.4. The van der Waals surface area contributed by atoms with Gasteiger partial charge in [0.15, 0.2) is 0 Å². The van der Waals surface area contributed by atoms with Crippen LogP contribution in [0.5, 0.6) is 0 Å². The molecule has 0 saturated heterocycles. The van der Waals surface area contributed by atoms with Gasteiger partial charge in [0.1, 0.15) is 18.0 Å². The lowest BCUT2D eigenvalue weighted by molar-refractivity contribution is -0.154. The van der Waals surface area contributed by atoms with E-state index in [4.69, 9.17) is 9.47 Å². The number of hydrogen-bond acceptors (Lipinski definition) is 5.